The van der Waals surface area contributed by atoms with Gasteiger partial charge in [-0.15, -0.1) is 0 Å². The van der Waals surface area contributed by atoms with Crippen LogP contribution < -0.4 is 10.1 Å². The van der Waals surface area contributed by atoms with E-state index in [1.165, 1.54) is 11.3 Å². The Balaban J connectivity index is 1.71. The molecule has 0 aliphatic carbocycles. The number of carbonyl (C=O) groups excluding carboxylic acids is 2. The van der Waals surface area contributed by atoms with Crippen LogP contribution in [0.2, 0.25) is 0 Å². The zero-order valence-corrected chi connectivity index (χ0v) is 17.7. The number of amides is 1. The number of carbonyl (C=O) groups is 2. The molecule has 1 atom stereocenters. The Kier molecular flexibility index (Phi) is 6.49. The predicted octanol–water partition coefficient (Wildman–Crippen LogP) is 5.29. The van der Waals surface area contributed by atoms with E-state index in [0.717, 1.165) is 16.9 Å². The van der Waals surface area contributed by atoms with Crippen molar-refractivity contribution in [2.45, 2.75) is 46.3 Å². The molecule has 0 radical (unpaired) electrons. The Bertz CT molecular complexity index is 1010. The molecular formula is C22H24N2O4S. The van der Waals surface area contributed by atoms with Crippen LogP contribution in [0, 0.1) is 0 Å². The van der Waals surface area contributed by atoms with Crippen LogP contribution in [0.3, 0.4) is 0 Å². The van der Waals surface area contributed by atoms with Crippen LogP contribution in [0.25, 0.3) is 10.2 Å². The van der Waals surface area contributed by atoms with Gasteiger partial charge in [-0.05, 0) is 69.7 Å². The Labute approximate surface area is 173 Å². The van der Waals surface area contributed by atoms with E-state index >= 15 is 0 Å². The van der Waals surface area contributed by atoms with E-state index in [-0.39, 0.29) is 24.1 Å². The Morgan fingerprint density at radius 1 is 1.07 bits per heavy atom. The van der Waals surface area contributed by atoms with Crippen molar-refractivity contribution in [1.82, 2.24) is 4.98 Å². The van der Waals surface area contributed by atoms with Gasteiger partial charge >= 0.3 is 5.97 Å². The topological polar surface area (TPSA) is 77.5 Å². The Morgan fingerprint density at radius 3 is 2.41 bits per heavy atom. The summed E-state index contributed by atoms with van der Waals surface area (Å²) in [4.78, 5) is 29.0. The average molecular weight is 413 g/mol. The summed E-state index contributed by atoms with van der Waals surface area (Å²) in [6.07, 6.45) is 0.855. The van der Waals surface area contributed by atoms with Crippen LogP contribution in [0.1, 0.15) is 54.8 Å². The number of aromatic nitrogens is 1. The second kappa shape index (κ2) is 9.05. The van der Waals surface area contributed by atoms with Gasteiger partial charge in [-0.3, -0.25) is 10.1 Å². The summed E-state index contributed by atoms with van der Waals surface area (Å²) in [5.41, 5.74) is 1.69. The molecule has 0 spiro atoms. The first-order chi connectivity index (χ1) is 13.9. The zero-order valence-electron chi connectivity index (χ0n) is 16.9. The van der Waals surface area contributed by atoms with Gasteiger partial charge in [0.25, 0.3) is 5.91 Å². The van der Waals surface area contributed by atoms with Gasteiger partial charge in [0.2, 0.25) is 0 Å². The molecule has 0 aliphatic rings. The lowest BCUT2D eigenvalue weighted by Gasteiger charge is -2.12. The van der Waals surface area contributed by atoms with E-state index in [1.807, 2.05) is 6.92 Å². The van der Waals surface area contributed by atoms with Crippen molar-refractivity contribution in [3.8, 4) is 5.75 Å². The van der Waals surface area contributed by atoms with Crippen molar-refractivity contribution >= 4 is 38.6 Å². The average Bonchev–Trinajstić information content (AvgIpc) is 3.09. The number of fused-ring (bicyclic) bond motifs is 1. The molecule has 1 aromatic heterocycles. The number of nitrogens with one attached hydrogen (secondary N) is 1. The standard InChI is InChI=1S/C22H24N2O4S/c1-5-14(4)28-17-9-6-15(7-10-17)20(25)24-22-23-18-11-8-16(12-19(18)29-22)21(26)27-13(2)3/h6-14H,5H2,1-4H3,(H,23,24,25)/t14-/m1/s1. The van der Waals surface area contributed by atoms with Gasteiger partial charge < -0.3 is 9.47 Å². The SMILES string of the molecule is CC[C@@H](C)Oc1ccc(C(=O)Nc2nc3ccc(C(=O)OC(C)C)cc3s2)cc1. The molecule has 3 aromatic rings. The Morgan fingerprint density at radius 2 is 1.76 bits per heavy atom. The first kappa shape index (κ1) is 20.8. The molecule has 0 aliphatic heterocycles. The summed E-state index contributed by atoms with van der Waals surface area (Å²) in [6.45, 7) is 7.67. The van der Waals surface area contributed by atoms with Crippen molar-refractivity contribution in [1.29, 1.82) is 0 Å². The zero-order chi connectivity index (χ0) is 21.0. The van der Waals surface area contributed by atoms with E-state index in [9.17, 15) is 9.59 Å². The first-order valence-electron chi connectivity index (χ1n) is 9.55. The van der Waals surface area contributed by atoms with Gasteiger partial charge in [0.05, 0.1) is 28.0 Å². The lowest BCUT2D eigenvalue weighted by molar-refractivity contribution is 0.0378. The van der Waals surface area contributed by atoms with E-state index in [4.69, 9.17) is 9.47 Å². The third-order valence-electron chi connectivity index (χ3n) is 4.22. The maximum Gasteiger partial charge on any atom is 0.338 e. The van der Waals surface area contributed by atoms with Crippen LogP contribution in [0.4, 0.5) is 5.13 Å². The van der Waals surface area contributed by atoms with Crippen LogP contribution in [0.15, 0.2) is 42.5 Å². The number of nitrogens with zero attached hydrogens (tertiary/aromatic N) is 1. The third kappa shape index (κ3) is 5.32. The maximum absolute atomic E-state index is 12.5. The predicted molar refractivity (Wildman–Crippen MR) is 115 cm³/mol. The minimum absolute atomic E-state index is 0.125. The maximum atomic E-state index is 12.5. The quantitative estimate of drug-likeness (QED) is 0.534. The molecule has 29 heavy (non-hydrogen) atoms. The molecule has 0 saturated heterocycles. The van der Waals surface area contributed by atoms with Crippen LogP contribution in [0.5, 0.6) is 5.75 Å². The number of hydrogen-bond acceptors (Lipinski definition) is 6. The molecule has 0 saturated carbocycles. The number of rotatable bonds is 7. The molecule has 1 N–H and O–H groups in total. The van der Waals surface area contributed by atoms with Crippen molar-refractivity contribution in [2.75, 3.05) is 5.32 Å². The van der Waals surface area contributed by atoms with Gasteiger partial charge in [-0.2, -0.15) is 0 Å². The van der Waals surface area contributed by atoms with Crippen LogP contribution >= 0.6 is 11.3 Å². The lowest BCUT2D eigenvalue weighted by atomic mass is 10.2. The minimum atomic E-state index is -0.374. The van der Waals surface area contributed by atoms with Gasteiger partial charge in [0.1, 0.15) is 5.75 Å². The summed E-state index contributed by atoms with van der Waals surface area (Å²) >= 11 is 1.31. The number of ether oxygens (including phenoxy) is 2. The van der Waals surface area contributed by atoms with Crippen LogP contribution in [-0.4, -0.2) is 29.1 Å². The van der Waals surface area contributed by atoms with Gasteiger partial charge in [-0.25, -0.2) is 9.78 Å². The van der Waals surface area contributed by atoms with Gasteiger partial charge in [-0.1, -0.05) is 18.3 Å². The van der Waals surface area contributed by atoms with Crippen molar-refractivity contribution in [2.24, 2.45) is 0 Å². The molecule has 6 nitrogen and oxygen atoms in total. The van der Waals surface area contributed by atoms with Crippen LogP contribution in [-0.2, 0) is 4.74 Å². The van der Waals surface area contributed by atoms with E-state index < -0.39 is 0 Å². The van der Waals surface area contributed by atoms with E-state index in [2.05, 4.69) is 17.2 Å². The number of esters is 1. The molecule has 0 bridgehead atoms. The largest absolute Gasteiger partial charge is 0.491 e. The number of thiazole rings is 1. The summed E-state index contributed by atoms with van der Waals surface area (Å²) in [6, 6.07) is 12.2. The van der Waals surface area contributed by atoms with Gasteiger partial charge in [0, 0.05) is 5.56 Å². The molecule has 7 heteroatoms. The Hall–Kier alpha value is -2.93. The first-order valence-corrected chi connectivity index (χ1v) is 10.4. The summed E-state index contributed by atoms with van der Waals surface area (Å²) in [5, 5.41) is 3.28. The molecule has 1 amide bonds. The fourth-order valence-electron chi connectivity index (χ4n) is 2.56. The van der Waals surface area contributed by atoms with E-state index in [1.54, 1.807) is 56.3 Å². The van der Waals surface area contributed by atoms with Crippen molar-refractivity contribution in [3.63, 3.8) is 0 Å². The molecule has 0 unspecified atom stereocenters. The summed E-state index contributed by atoms with van der Waals surface area (Å²) in [5.74, 6) is 0.107. The minimum Gasteiger partial charge on any atom is -0.491 e. The molecule has 3 rings (SSSR count). The van der Waals surface area contributed by atoms with E-state index in [0.29, 0.717) is 21.8 Å². The normalized spacial score (nSPS) is 12.0. The molecular weight excluding hydrogens is 388 g/mol. The molecule has 152 valence electrons. The summed E-state index contributed by atoms with van der Waals surface area (Å²) in [7, 11) is 0. The second-order valence-electron chi connectivity index (χ2n) is 6.97. The van der Waals surface area contributed by atoms with Crippen molar-refractivity contribution in [3.05, 3.63) is 53.6 Å². The number of anilines is 1. The summed E-state index contributed by atoms with van der Waals surface area (Å²) < 4.78 is 11.8. The highest BCUT2D eigenvalue weighted by Gasteiger charge is 2.14. The third-order valence-corrected chi connectivity index (χ3v) is 5.15. The highest BCUT2D eigenvalue weighted by atomic mass is 32.1. The number of benzene rings is 2. The lowest BCUT2D eigenvalue weighted by Crippen LogP contribution is -2.12. The second-order valence-corrected chi connectivity index (χ2v) is 8.00. The smallest absolute Gasteiger partial charge is 0.338 e. The highest BCUT2D eigenvalue weighted by molar-refractivity contribution is 7.22. The highest BCUT2D eigenvalue weighted by Crippen LogP contribution is 2.28. The van der Waals surface area contributed by atoms with Gasteiger partial charge in [0.15, 0.2) is 5.13 Å². The molecule has 1 heterocycles. The number of hydrogen-bond donors (Lipinski definition) is 1. The monoisotopic (exact) mass is 412 g/mol. The van der Waals surface area contributed by atoms with Crippen molar-refractivity contribution < 1.29 is 19.1 Å². The molecule has 0 fully saturated rings. The fraction of sp³-hybridized carbons (Fsp3) is 0.318. The molecule has 2 aromatic carbocycles. The fourth-order valence-corrected chi connectivity index (χ4v) is 3.46.